The van der Waals surface area contributed by atoms with Gasteiger partial charge < -0.3 is 10.5 Å². The summed E-state index contributed by atoms with van der Waals surface area (Å²) in [4.78, 5) is 6.35. The summed E-state index contributed by atoms with van der Waals surface area (Å²) in [6.07, 6.45) is 1.38. The molecule has 4 aliphatic rings. The number of alkyl halides is 3. The van der Waals surface area contributed by atoms with E-state index in [1.807, 2.05) is 6.07 Å². The van der Waals surface area contributed by atoms with Crippen molar-refractivity contribution in [2.24, 2.45) is 11.8 Å². The predicted octanol–water partition coefficient (Wildman–Crippen LogP) is 3.71. The highest BCUT2D eigenvalue weighted by Gasteiger charge is 2.59. The molecule has 31 heavy (non-hydrogen) atoms. The highest BCUT2D eigenvalue weighted by molar-refractivity contribution is 5.63. The van der Waals surface area contributed by atoms with E-state index in [2.05, 4.69) is 14.6 Å². The van der Waals surface area contributed by atoms with Crippen LogP contribution < -0.4 is 5.73 Å². The van der Waals surface area contributed by atoms with Crippen molar-refractivity contribution in [2.45, 2.75) is 49.9 Å². The first-order valence-electron chi connectivity index (χ1n) is 11.1. The maximum atomic E-state index is 13.3. The van der Waals surface area contributed by atoms with Gasteiger partial charge in [0, 0.05) is 36.5 Å². The molecular weight excluding hydrogens is 407 g/mol. The number of hydrogen-bond acceptors (Lipinski definition) is 5. The lowest BCUT2D eigenvalue weighted by Gasteiger charge is -2.35. The predicted molar refractivity (Wildman–Crippen MR) is 108 cm³/mol. The molecule has 2 aliphatic carbocycles. The average Bonchev–Trinajstić information content (AvgIpc) is 3.17. The van der Waals surface area contributed by atoms with Crippen LogP contribution in [-0.4, -0.2) is 52.0 Å². The molecule has 4 heterocycles. The minimum absolute atomic E-state index is 0.338. The summed E-state index contributed by atoms with van der Waals surface area (Å²) in [7, 11) is 0. The summed E-state index contributed by atoms with van der Waals surface area (Å²) in [6.45, 7) is 3.83. The molecule has 2 aliphatic heterocycles. The third kappa shape index (κ3) is 3.24. The first-order chi connectivity index (χ1) is 14.9. The zero-order chi connectivity index (χ0) is 21.3. The van der Waals surface area contributed by atoms with Crippen LogP contribution in [0.4, 0.5) is 19.0 Å². The van der Waals surface area contributed by atoms with Gasteiger partial charge in [-0.15, -0.1) is 0 Å². The van der Waals surface area contributed by atoms with E-state index in [-0.39, 0.29) is 0 Å². The van der Waals surface area contributed by atoms with Crippen molar-refractivity contribution in [2.75, 3.05) is 32.0 Å². The van der Waals surface area contributed by atoms with E-state index in [4.69, 9.17) is 15.6 Å². The van der Waals surface area contributed by atoms with Gasteiger partial charge in [0.25, 0.3) is 0 Å². The number of nitrogens with zero attached hydrogens (tertiary/aromatic N) is 4. The van der Waals surface area contributed by atoms with E-state index in [1.165, 1.54) is 24.7 Å². The van der Waals surface area contributed by atoms with Crippen molar-refractivity contribution in [1.82, 2.24) is 19.7 Å². The molecular formula is C22H26F3N5O. The minimum Gasteiger partial charge on any atom is -0.383 e. The summed E-state index contributed by atoms with van der Waals surface area (Å²) < 4.78 is 47.5. The largest absolute Gasteiger partial charge is 0.419 e. The monoisotopic (exact) mass is 433 g/mol. The van der Waals surface area contributed by atoms with E-state index in [0.29, 0.717) is 41.1 Å². The Morgan fingerprint density at radius 2 is 1.74 bits per heavy atom. The summed E-state index contributed by atoms with van der Waals surface area (Å²) in [6, 6.07) is 3.99. The standard InChI is InChI=1S/C22H26F3N5O/c23-22(24,25)17-5-12(7-27-21(17)26)18-6-19(30(28-18)13-3-1-2-4-13)20-15-8-29(9-16(15)20)14-10-31-11-14/h5-7,13-16,20H,1-4,8-11H2,(H2,26,27)/t15-,16+,20?. The zero-order valence-corrected chi connectivity index (χ0v) is 17.2. The van der Waals surface area contributed by atoms with Gasteiger partial charge in [0.2, 0.25) is 0 Å². The van der Waals surface area contributed by atoms with Gasteiger partial charge in [-0.1, -0.05) is 12.8 Å². The lowest BCUT2D eigenvalue weighted by atomic mass is 10.1. The van der Waals surface area contributed by atoms with E-state index in [0.717, 1.165) is 45.2 Å². The molecule has 6 rings (SSSR count). The Kier molecular flexibility index (Phi) is 4.37. The Morgan fingerprint density at radius 1 is 1.03 bits per heavy atom. The molecule has 2 saturated heterocycles. The third-order valence-corrected chi connectivity index (χ3v) is 7.66. The van der Waals surface area contributed by atoms with Gasteiger partial charge >= 0.3 is 6.18 Å². The Hall–Kier alpha value is -2.13. The first kappa shape index (κ1) is 19.5. The van der Waals surface area contributed by atoms with Crippen LogP contribution in [0.15, 0.2) is 18.3 Å². The molecule has 1 unspecified atom stereocenters. The van der Waals surface area contributed by atoms with Crippen LogP contribution in [0.5, 0.6) is 0 Å². The van der Waals surface area contributed by atoms with Crippen LogP contribution in [0, 0.1) is 11.8 Å². The molecule has 0 bridgehead atoms. The summed E-state index contributed by atoms with van der Waals surface area (Å²) >= 11 is 0. The maximum Gasteiger partial charge on any atom is 0.419 e. The van der Waals surface area contributed by atoms with Gasteiger partial charge in [0.1, 0.15) is 5.82 Å². The van der Waals surface area contributed by atoms with Crippen molar-refractivity contribution in [3.8, 4) is 11.3 Å². The van der Waals surface area contributed by atoms with E-state index >= 15 is 0 Å². The fourth-order valence-electron chi connectivity index (χ4n) is 5.81. The van der Waals surface area contributed by atoms with Crippen LogP contribution in [-0.2, 0) is 10.9 Å². The number of pyridine rings is 1. The second kappa shape index (κ2) is 6.93. The van der Waals surface area contributed by atoms with Crippen LogP contribution in [0.1, 0.15) is 48.9 Å². The zero-order valence-electron chi connectivity index (χ0n) is 17.2. The van der Waals surface area contributed by atoms with Crippen LogP contribution >= 0.6 is 0 Å². The number of hydrogen-bond donors (Lipinski definition) is 1. The molecule has 4 fully saturated rings. The molecule has 0 aromatic carbocycles. The molecule has 0 radical (unpaired) electrons. The number of likely N-dealkylation sites (tertiary alicyclic amines) is 1. The lowest BCUT2D eigenvalue weighted by molar-refractivity contribution is -0.137. The number of anilines is 1. The molecule has 166 valence electrons. The normalized spacial score (nSPS) is 29.3. The number of rotatable bonds is 4. The number of ether oxygens (including phenoxy) is 1. The minimum atomic E-state index is -4.54. The van der Waals surface area contributed by atoms with E-state index in [9.17, 15) is 13.2 Å². The SMILES string of the molecule is Nc1ncc(-c2cc(C3[C@H]4CN(C5COC5)C[C@@H]34)n(C3CCCC3)n2)cc1C(F)(F)F. The Labute approximate surface area is 178 Å². The maximum absolute atomic E-state index is 13.3. The van der Waals surface area contributed by atoms with Gasteiger partial charge in [-0.25, -0.2) is 4.98 Å². The van der Waals surface area contributed by atoms with Crippen molar-refractivity contribution in [1.29, 1.82) is 0 Å². The van der Waals surface area contributed by atoms with Crippen LogP contribution in [0.2, 0.25) is 0 Å². The number of fused-ring (bicyclic) bond motifs is 1. The second-order valence-corrected chi connectivity index (χ2v) is 9.49. The smallest absolute Gasteiger partial charge is 0.383 e. The number of piperidine rings is 1. The highest BCUT2D eigenvalue weighted by atomic mass is 19.4. The molecule has 3 atom stereocenters. The molecule has 0 spiro atoms. The summed E-state index contributed by atoms with van der Waals surface area (Å²) in [5.74, 6) is 1.17. The topological polar surface area (TPSA) is 69.2 Å². The van der Waals surface area contributed by atoms with Crippen molar-refractivity contribution >= 4 is 5.82 Å². The first-order valence-corrected chi connectivity index (χ1v) is 11.1. The molecule has 2 aromatic rings. The number of halogens is 3. The molecule has 0 amide bonds. The van der Waals surface area contributed by atoms with Crippen molar-refractivity contribution in [3.05, 3.63) is 29.6 Å². The van der Waals surface area contributed by atoms with Crippen LogP contribution in [0.25, 0.3) is 11.3 Å². The van der Waals surface area contributed by atoms with Crippen molar-refractivity contribution in [3.63, 3.8) is 0 Å². The summed E-state index contributed by atoms with van der Waals surface area (Å²) in [5.41, 5.74) is 6.72. The molecule has 2 saturated carbocycles. The molecule has 9 heteroatoms. The number of nitrogens with two attached hydrogens (primary N) is 1. The van der Waals surface area contributed by atoms with Gasteiger partial charge in [0.05, 0.1) is 36.6 Å². The average molecular weight is 433 g/mol. The summed E-state index contributed by atoms with van der Waals surface area (Å²) in [5, 5.41) is 4.82. The highest BCUT2D eigenvalue weighted by Crippen LogP contribution is 2.59. The fraction of sp³-hybridized carbons (Fsp3) is 0.636. The number of nitrogen functional groups attached to an aromatic ring is 1. The second-order valence-electron chi connectivity index (χ2n) is 9.49. The van der Waals surface area contributed by atoms with Crippen LogP contribution in [0.3, 0.4) is 0 Å². The van der Waals surface area contributed by atoms with Gasteiger partial charge in [-0.05, 0) is 36.8 Å². The van der Waals surface area contributed by atoms with Gasteiger partial charge in [-0.3, -0.25) is 9.58 Å². The van der Waals surface area contributed by atoms with Gasteiger partial charge in [0.15, 0.2) is 0 Å². The molecule has 6 nitrogen and oxygen atoms in total. The van der Waals surface area contributed by atoms with E-state index < -0.39 is 17.6 Å². The quantitative estimate of drug-likeness (QED) is 0.796. The Bertz CT molecular complexity index is 984. The van der Waals surface area contributed by atoms with Crippen molar-refractivity contribution < 1.29 is 17.9 Å². The van der Waals surface area contributed by atoms with E-state index in [1.54, 1.807) is 0 Å². The van der Waals surface area contributed by atoms with Gasteiger partial charge in [-0.2, -0.15) is 18.3 Å². The Morgan fingerprint density at radius 3 is 2.35 bits per heavy atom. The molecule has 2 aromatic heterocycles. The Balaban J connectivity index is 1.32. The fourth-order valence-corrected chi connectivity index (χ4v) is 5.81. The number of aromatic nitrogens is 3. The molecule has 2 N–H and O–H groups in total. The lowest BCUT2D eigenvalue weighted by Crippen LogP contribution is -2.48. The third-order valence-electron chi connectivity index (χ3n) is 7.66.